The van der Waals surface area contributed by atoms with Crippen LogP contribution in [-0.4, -0.2) is 35.7 Å². The van der Waals surface area contributed by atoms with Gasteiger partial charge in [0.15, 0.2) is 0 Å². The first-order chi connectivity index (χ1) is 5.33. The third kappa shape index (κ3) is 1.09. The Morgan fingerprint density at radius 2 is 2.00 bits per heavy atom. The smallest absolute Gasteiger partial charge is 0.0474 e. The molecule has 0 spiro atoms. The van der Waals surface area contributed by atoms with Gasteiger partial charge in [-0.3, -0.25) is 0 Å². The first-order valence-electron chi connectivity index (χ1n) is 4.65. The van der Waals surface area contributed by atoms with Gasteiger partial charge < -0.3 is 10.0 Å². The highest BCUT2D eigenvalue weighted by molar-refractivity contribution is 4.94. The molecule has 2 heterocycles. The Morgan fingerprint density at radius 3 is 2.73 bits per heavy atom. The zero-order valence-corrected chi connectivity index (χ0v) is 7.16. The molecule has 0 unspecified atom stereocenters. The van der Waals surface area contributed by atoms with Crippen LogP contribution in [-0.2, 0) is 0 Å². The highest BCUT2D eigenvalue weighted by atomic mass is 16.3. The number of aliphatic hydroxyl groups excluding tert-OH is 1. The van der Waals surface area contributed by atoms with Gasteiger partial charge in [-0.05, 0) is 38.6 Å². The van der Waals surface area contributed by atoms with E-state index in [1.54, 1.807) is 0 Å². The van der Waals surface area contributed by atoms with Gasteiger partial charge in [0.25, 0.3) is 0 Å². The van der Waals surface area contributed by atoms with Crippen LogP contribution in [0.5, 0.6) is 0 Å². The van der Waals surface area contributed by atoms with Crippen LogP contribution in [0.15, 0.2) is 0 Å². The molecule has 2 aliphatic rings. The van der Waals surface area contributed by atoms with Crippen molar-refractivity contribution in [2.45, 2.75) is 37.8 Å². The second-order valence-corrected chi connectivity index (χ2v) is 3.98. The van der Waals surface area contributed by atoms with E-state index in [4.69, 9.17) is 5.11 Å². The van der Waals surface area contributed by atoms with Gasteiger partial charge in [-0.15, -0.1) is 0 Å². The lowest BCUT2D eigenvalue weighted by Crippen LogP contribution is -2.43. The third-order valence-electron chi connectivity index (χ3n) is 3.54. The summed E-state index contributed by atoms with van der Waals surface area (Å²) in [5.41, 5.74) is 0. The summed E-state index contributed by atoms with van der Waals surface area (Å²) >= 11 is 0. The van der Waals surface area contributed by atoms with Crippen LogP contribution in [0.1, 0.15) is 25.7 Å². The molecule has 2 aliphatic heterocycles. The maximum Gasteiger partial charge on any atom is 0.0474 e. The SMILES string of the molecule is CN1[C@H]2CC[C@H](CO)[C@H]1CC2. The van der Waals surface area contributed by atoms with Crippen molar-refractivity contribution in [2.75, 3.05) is 13.7 Å². The average molecular weight is 155 g/mol. The van der Waals surface area contributed by atoms with E-state index >= 15 is 0 Å². The van der Waals surface area contributed by atoms with Crippen LogP contribution >= 0.6 is 0 Å². The highest BCUT2D eigenvalue weighted by Crippen LogP contribution is 2.37. The maximum absolute atomic E-state index is 9.10. The van der Waals surface area contributed by atoms with Gasteiger partial charge in [0.05, 0.1) is 0 Å². The second kappa shape index (κ2) is 2.76. The molecule has 0 radical (unpaired) electrons. The van der Waals surface area contributed by atoms with E-state index in [1.165, 1.54) is 25.7 Å². The summed E-state index contributed by atoms with van der Waals surface area (Å²) in [6, 6.07) is 1.53. The van der Waals surface area contributed by atoms with Crippen molar-refractivity contribution < 1.29 is 5.11 Å². The zero-order chi connectivity index (χ0) is 7.84. The van der Waals surface area contributed by atoms with Crippen LogP contribution in [0.25, 0.3) is 0 Å². The highest BCUT2D eigenvalue weighted by Gasteiger charge is 2.39. The number of piperidine rings is 1. The number of nitrogens with zero attached hydrogens (tertiary/aromatic N) is 1. The summed E-state index contributed by atoms with van der Waals surface area (Å²) in [5.74, 6) is 0.568. The van der Waals surface area contributed by atoms with E-state index < -0.39 is 0 Å². The van der Waals surface area contributed by atoms with Crippen LogP contribution in [0.3, 0.4) is 0 Å². The van der Waals surface area contributed by atoms with Gasteiger partial charge in [0, 0.05) is 18.7 Å². The monoisotopic (exact) mass is 155 g/mol. The largest absolute Gasteiger partial charge is 0.396 e. The van der Waals surface area contributed by atoms with Gasteiger partial charge in [0.1, 0.15) is 0 Å². The minimum atomic E-state index is 0.391. The van der Waals surface area contributed by atoms with Gasteiger partial charge in [-0.1, -0.05) is 0 Å². The molecule has 2 saturated heterocycles. The number of rotatable bonds is 1. The first kappa shape index (κ1) is 7.56. The quantitative estimate of drug-likeness (QED) is 0.607. The molecule has 0 saturated carbocycles. The molecule has 0 aromatic rings. The molecule has 1 N–H and O–H groups in total. The van der Waals surface area contributed by atoms with Crippen molar-refractivity contribution in [3.05, 3.63) is 0 Å². The fourth-order valence-electron chi connectivity index (χ4n) is 2.77. The molecule has 2 nitrogen and oxygen atoms in total. The molecule has 0 aromatic carbocycles. The van der Waals surface area contributed by atoms with Crippen molar-refractivity contribution in [1.29, 1.82) is 0 Å². The van der Waals surface area contributed by atoms with Crippen molar-refractivity contribution in [2.24, 2.45) is 5.92 Å². The minimum Gasteiger partial charge on any atom is -0.396 e. The van der Waals surface area contributed by atoms with Crippen LogP contribution in [0.2, 0.25) is 0 Å². The molecule has 0 aromatic heterocycles. The summed E-state index contributed by atoms with van der Waals surface area (Å²) < 4.78 is 0. The number of hydrogen-bond donors (Lipinski definition) is 1. The minimum absolute atomic E-state index is 0.391. The fraction of sp³-hybridized carbons (Fsp3) is 1.00. The summed E-state index contributed by atoms with van der Waals surface area (Å²) in [4.78, 5) is 2.48. The van der Waals surface area contributed by atoms with E-state index in [9.17, 15) is 0 Å². The van der Waals surface area contributed by atoms with Gasteiger partial charge in [-0.25, -0.2) is 0 Å². The molecule has 0 aliphatic carbocycles. The zero-order valence-electron chi connectivity index (χ0n) is 7.16. The Kier molecular flexibility index (Phi) is 1.90. The predicted molar refractivity (Wildman–Crippen MR) is 44.4 cm³/mol. The van der Waals surface area contributed by atoms with Crippen molar-refractivity contribution in [3.63, 3.8) is 0 Å². The van der Waals surface area contributed by atoms with Crippen LogP contribution in [0, 0.1) is 5.92 Å². The first-order valence-corrected chi connectivity index (χ1v) is 4.65. The molecule has 0 amide bonds. The lowest BCUT2D eigenvalue weighted by Gasteiger charge is -2.36. The van der Waals surface area contributed by atoms with Gasteiger partial charge in [-0.2, -0.15) is 0 Å². The lowest BCUT2D eigenvalue weighted by atomic mass is 9.91. The average Bonchev–Trinajstić information content (AvgIpc) is 2.31. The molecule has 2 bridgehead atoms. The van der Waals surface area contributed by atoms with E-state index in [1.807, 2.05) is 0 Å². The number of hydrogen-bond acceptors (Lipinski definition) is 2. The maximum atomic E-state index is 9.10. The van der Waals surface area contributed by atoms with E-state index in [0.29, 0.717) is 18.6 Å². The van der Waals surface area contributed by atoms with Gasteiger partial charge in [0.2, 0.25) is 0 Å². The molecule has 11 heavy (non-hydrogen) atoms. The van der Waals surface area contributed by atoms with Crippen LogP contribution in [0.4, 0.5) is 0 Å². The molecular weight excluding hydrogens is 138 g/mol. The number of fused-ring (bicyclic) bond motifs is 2. The van der Waals surface area contributed by atoms with E-state index in [-0.39, 0.29) is 0 Å². The van der Waals surface area contributed by atoms with Crippen molar-refractivity contribution in [3.8, 4) is 0 Å². The normalized spacial score (nSPS) is 44.7. The summed E-state index contributed by atoms with van der Waals surface area (Å²) in [6.07, 6.45) is 5.22. The van der Waals surface area contributed by atoms with Crippen molar-refractivity contribution >= 4 is 0 Å². The Bertz CT molecular complexity index is 148. The Morgan fingerprint density at radius 1 is 1.27 bits per heavy atom. The molecular formula is C9H17NO. The van der Waals surface area contributed by atoms with Gasteiger partial charge >= 0.3 is 0 Å². The lowest BCUT2D eigenvalue weighted by molar-refractivity contribution is 0.0775. The molecule has 3 atom stereocenters. The predicted octanol–water partition coefficient (Wildman–Crippen LogP) is 0.851. The van der Waals surface area contributed by atoms with Crippen molar-refractivity contribution in [1.82, 2.24) is 4.90 Å². The molecule has 64 valence electrons. The summed E-state index contributed by atoms with van der Waals surface area (Å²) in [6.45, 7) is 0.391. The molecule has 2 fully saturated rings. The van der Waals surface area contributed by atoms with E-state index in [0.717, 1.165) is 6.04 Å². The fourth-order valence-corrected chi connectivity index (χ4v) is 2.77. The summed E-state index contributed by atoms with van der Waals surface area (Å²) in [7, 11) is 2.21. The molecule has 2 rings (SSSR count). The molecule has 2 heteroatoms. The topological polar surface area (TPSA) is 23.5 Å². The Hall–Kier alpha value is -0.0800. The van der Waals surface area contributed by atoms with E-state index in [2.05, 4.69) is 11.9 Å². The Balaban J connectivity index is 2.08. The summed E-state index contributed by atoms with van der Waals surface area (Å²) in [5, 5.41) is 9.10. The number of aliphatic hydroxyl groups is 1. The third-order valence-corrected chi connectivity index (χ3v) is 3.54. The second-order valence-electron chi connectivity index (χ2n) is 3.98. The standard InChI is InChI=1S/C9H17NO/c1-10-8-3-2-7(6-11)9(10)5-4-8/h7-9,11H,2-6H2,1H3/t7-,8+,9-/m1/s1. The van der Waals surface area contributed by atoms with Crippen LogP contribution < -0.4 is 0 Å². The Labute approximate surface area is 68.2 Å².